The van der Waals surface area contributed by atoms with Crippen LogP contribution in [0.2, 0.25) is 0 Å². The van der Waals surface area contributed by atoms with Crippen LogP contribution >= 0.6 is 0 Å². The molecule has 0 spiro atoms. The van der Waals surface area contributed by atoms with E-state index in [4.69, 9.17) is 4.74 Å². The van der Waals surface area contributed by atoms with E-state index in [0.717, 1.165) is 23.3 Å². The molecule has 2 rings (SSSR count). The molecule has 58 valence electrons. The molecule has 0 aromatic heterocycles. The van der Waals surface area contributed by atoms with Crippen molar-refractivity contribution in [2.75, 3.05) is 6.61 Å². The number of benzene rings is 1. The average molecular weight is 164 g/mol. The summed E-state index contributed by atoms with van der Waals surface area (Å²) in [6, 6.07) is 8.85. The van der Waals surface area contributed by atoms with Crippen molar-refractivity contribution in [2.24, 2.45) is 0 Å². The lowest BCUT2D eigenvalue weighted by atomic mass is 10.1. The maximum atomic E-state index is 5.15. The monoisotopic (exact) mass is 164 g/mol. The highest BCUT2D eigenvalue weighted by Gasteiger charge is 2.22. The van der Waals surface area contributed by atoms with E-state index in [2.05, 4.69) is 24.3 Å². The molecule has 0 saturated carbocycles. The van der Waals surface area contributed by atoms with Crippen LogP contribution in [0.3, 0.4) is 0 Å². The van der Waals surface area contributed by atoms with Crippen molar-refractivity contribution in [3.8, 4) is 0 Å². The van der Waals surface area contributed by atoms with Crippen LogP contribution in [0.4, 0.5) is 0 Å². The molecule has 1 aliphatic rings. The summed E-state index contributed by atoms with van der Waals surface area (Å²) in [5.74, 6) is 0. The van der Waals surface area contributed by atoms with E-state index >= 15 is 0 Å². The smallest absolute Gasteiger partial charge is 0.0850 e. The maximum absolute atomic E-state index is 5.15. The van der Waals surface area contributed by atoms with Crippen LogP contribution in [-0.4, -0.2) is 23.0 Å². The molecule has 1 nitrogen and oxygen atoms in total. The van der Waals surface area contributed by atoms with E-state index in [9.17, 15) is 0 Å². The standard InChI is InChI=1S/C9H12OSi/c11-9-3-1-7(2-4-9)5-8-6-10-8/h1-4,8H,5-6H2,11H3. The van der Waals surface area contributed by atoms with Gasteiger partial charge in [-0.15, -0.1) is 0 Å². The topological polar surface area (TPSA) is 12.5 Å². The first-order valence-corrected chi connectivity index (χ1v) is 5.02. The molecule has 0 N–H and O–H groups in total. The molecular formula is C9H12OSi. The largest absolute Gasteiger partial charge is 0.373 e. The first-order chi connectivity index (χ1) is 5.34. The summed E-state index contributed by atoms with van der Waals surface area (Å²) in [4.78, 5) is 0. The van der Waals surface area contributed by atoms with Crippen molar-refractivity contribution in [1.82, 2.24) is 0 Å². The molecule has 11 heavy (non-hydrogen) atoms. The normalized spacial score (nSPS) is 22.0. The van der Waals surface area contributed by atoms with Crippen molar-refractivity contribution < 1.29 is 4.74 Å². The maximum Gasteiger partial charge on any atom is 0.0850 e. The third-order valence-corrected chi connectivity index (χ3v) is 2.65. The Labute approximate surface area is 69.8 Å². The minimum Gasteiger partial charge on any atom is -0.373 e. The van der Waals surface area contributed by atoms with Crippen LogP contribution in [0.5, 0.6) is 0 Å². The highest BCUT2D eigenvalue weighted by atomic mass is 28.1. The van der Waals surface area contributed by atoms with Crippen molar-refractivity contribution in [3.63, 3.8) is 0 Å². The number of epoxide rings is 1. The molecule has 1 aromatic rings. The summed E-state index contributed by atoms with van der Waals surface area (Å²) in [7, 11) is 1.15. The van der Waals surface area contributed by atoms with E-state index in [1.54, 1.807) is 0 Å². The van der Waals surface area contributed by atoms with Gasteiger partial charge in [0.2, 0.25) is 0 Å². The molecule has 0 bridgehead atoms. The quantitative estimate of drug-likeness (QED) is 0.429. The SMILES string of the molecule is [SiH3]c1ccc(CC2CO2)cc1. The first kappa shape index (κ1) is 7.07. The summed E-state index contributed by atoms with van der Waals surface area (Å²) in [6.45, 7) is 0.961. The Morgan fingerprint density at radius 1 is 1.36 bits per heavy atom. The Hall–Kier alpha value is -0.603. The highest BCUT2D eigenvalue weighted by molar-refractivity contribution is 6.32. The zero-order chi connectivity index (χ0) is 7.68. The zero-order valence-corrected chi connectivity index (χ0v) is 8.71. The van der Waals surface area contributed by atoms with E-state index in [1.807, 2.05) is 0 Å². The van der Waals surface area contributed by atoms with Crippen LogP contribution < -0.4 is 5.19 Å². The third kappa shape index (κ3) is 1.91. The predicted octanol–water partition coefficient (Wildman–Crippen LogP) is -0.381. The van der Waals surface area contributed by atoms with Gasteiger partial charge in [0.05, 0.1) is 12.7 Å². The van der Waals surface area contributed by atoms with Crippen LogP contribution in [-0.2, 0) is 11.2 Å². The lowest BCUT2D eigenvalue weighted by molar-refractivity contribution is 0.407. The zero-order valence-electron chi connectivity index (χ0n) is 6.71. The Balaban J connectivity index is 2.06. The van der Waals surface area contributed by atoms with Gasteiger partial charge in [-0.25, -0.2) is 0 Å². The van der Waals surface area contributed by atoms with Gasteiger partial charge in [0, 0.05) is 16.7 Å². The van der Waals surface area contributed by atoms with Crippen LogP contribution in [0, 0.1) is 0 Å². The van der Waals surface area contributed by atoms with Gasteiger partial charge in [-0.2, -0.15) is 0 Å². The molecule has 1 atom stereocenters. The second-order valence-electron chi connectivity index (χ2n) is 3.15. The molecule has 0 amide bonds. The van der Waals surface area contributed by atoms with Crippen LogP contribution in [0.1, 0.15) is 5.56 Å². The minimum absolute atomic E-state index is 0.523. The summed E-state index contributed by atoms with van der Waals surface area (Å²) in [5, 5.41) is 1.46. The molecule has 1 aromatic carbocycles. The molecule has 1 saturated heterocycles. The summed E-state index contributed by atoms with van der Waals surface area (Å²) in [5.41, 5.74) is 1.41. The van der Waals surface area contributed by atoms with Crippen LogP contribution in [0.25, 0.3) is 0 Å². The molecule has 1 fully saturated rings. The number of ether oxygens (including phenoxy) is 1. The molecule has 2 heteroatoms. The molecule has 1 aliphatic heterocycles. The Morgan fingerprint density at radius 3 is 2.55 bits per heavy atom. The summed E-state index contributed by atoms with van der Waals surface area (Å²) < 4.78 is 5.15. The van der Waals surface area contributed by atoms with Gasteiger partial charge in [0.1, 0.15) is 0 Å². The van der Waals surface area contributed by atoms with Crippen molar-refractivity contribution in [3.05, 3.63) is 29.8 Å². The molecule has 1 heterocycles. The lowest BCUT2D eigenvalue weighted by Gasteiger charge is -1.97. The van der Waals surface area contributed by atoms with Gasteiger partial charge in [-0.1, -0.05) is 29.5 Å². The van der Waals surface area contributed by atoms with Gasteiger partial charge in [0.25, 0.3) is 0 Å². The molecular weight excluding hydrogens is 152 g/mol. The fourth-order valence-electron chi connectivity index (χ4n) is 1.17. The Kier molecular flexibility index (Phi) is 1.80. The van der Waals surface area contributed by atoms with E-state index in [0.29, 0.717) is 6.10 Å². The van der Waals surface area contributed by atoms with E-state index in [-0.39, 0.29) is 0 Å². The number of hydrogen-bond donors (Lipinski definition) is 0. The minimum atomic E-state index is 0.523. The Bertz CT molecular complexity index is 238. The van der Waals surface area contributed by atoms with Gasteiger partial charge in [0.15, 0.2) is 0 Å². The van der Waals surface area contributed by atoms with Gasteiger partial charge < -0.3 is 4.74 Å². The van der Waals surface area contributed by atoms with Gasteiger partial charge >= 0.3 is 0 Å². The van der Waals surface area contributed by atoms with E-state index in [1.165, 1.54) is 10.8 Å². The predicted molar refractivity (Wildman–Crippen MR) is 49.5 cm³/mol. The van der Waals surface area contributed by atoms with Crippen LogP contribution in [0.15, 0.2) is 24.3 Å². The fourth-order valence-corrected chi connectivity index (χ4v) is 1.51. The van der Waals surface area contributed by atoms with Crippen molar-refractivity contribution in [2.45, 2.75) is 12.5 Å². The number of rotatable bonds is 2. The average Bonchev–Trinajstić information content (AvgIpc) is 2.78. The lowest BCUT2D eigenvalue weighted by Crippen LogP contribution is -2.01. The second kappa shape index (κ2) is 2.79. The summed E-state index contributed by atoms with van der Waals surface area (Å²) in [6.07, 6.45) is 1.62. The third-order valence-electron chi connectivity index (χ3n) is 1.99. The second-order valence-corrected chi connectivity index (χ2v) is 4.30. The van der Waals surface area contributed by atoms with E-state index < -0.39 is 0 Å². The summed E-state index contributed by atoms with van der Waals surface area (Å²) >= 11 is 0. The molecule has 1 unspecified atom stereocenters. The molecule has 0 radical (unpaired) electrons. The highest BCUT2D eigenvalue weighted by Crippen LogP contribution is 2.14. The number of hydrogen-bond acceptors (Lipinski definition) is 1. The van der Waals surface area contributed by atoms with Gasteiger partial charge in [-0.05, 0) is 5.56 Å². The fraction of sp³-hybridized carbons (Fsp3) is 0.333. The molecule has 0 aliphatic carbocycles. The first-order valence-electron chi connectivity index (χ1n) is 4.02. The Morgan fingerprint density at radius 2 is 2.00 bits per heavy atom. The van der Waals surface area contributed by atoms with Crippen molar-refractivity contribution >= 4 is 15.4 Å². The van der Waals surface area contributed by atoms with Gasteiger partial charge in [-0.3, -0.25) is 0 Å². The van der Waals surface area contributed by atoms with Crippen molar-refractivity contribution in [1.29, 1.82) is 0 Å².